The Balaban J connectivity index is 1.92. The molecule has 0 radical (unpaired) electrons. The number of rotatable bonds is 1. The molecule has 0 saturated heterocycles. The second-order valence-electron chi connectivity index (χ2n) is 4.21. The molecule has 0 aromatic rings. The largest absolute Gasteiger partial charge is 0.237 e. The average Bonchev–Trinajstić information content (AvgIpc) is 2.21. The second kappa shape index (κ2) is 4.06. The van der Waals surface area contributed by atoms with E-state index in [1.54, 1.807) is 0 Å². The summed E-state index contributed by atoms with van der Waals surface area (Å²) in [7, 11) is 0. The van der Waals surface area contributed by atoms with Crippen LogP contribution in [0.25, 0.3) is 0 Å². The minimum absolute atomic E-state index is 0.916. The van der Waals surface area contributed by atoms with Crippen LogP contribution in [0.1, 0.15) is 51.4 Å². The lowest BCUT2D eigenvalue weighted by atomic mass is 9.94. The maximum atomic E-state index is 2.63. The molecule has 1 nitrogen and oxygen atoms in total. The molecular formula is C11H20N+. The van der Waals surface area contributed by atoms with Gasteiger partial charge in [-0.15, -0.1) is 0 Å². The van der Waals surface area contributed by atoms with Gasteiger partial charge in [-0.05, 0) is 19.3 Å². The maximum Gasteiger partial charge on any atom is 0.152 e. The van der Waals surface area contributed by atoms with Crippen molar-refractivity contribution in [2.45, 2.75) is 57.4 Å². The summed E-state index contributed by atoms with van der Waals surface area (Å²) in [4.78, 5) is 0. The van der Waals surface area contributed by atoms with Crippen molar-refractivity contribution in [2.24, 2.45) is 0 Å². The van der Waals surface area contributed by atoms with Crippen LogP contribution in [0.3, 0.4) is 0 Å². The fourth-order valence-corrected chi connectivity index (χ4v) is 2.53. The van der Waals surface area contributed by atoms with E-state index in [1.807, 2.05) is 0 Å². The molecule has 0 spiro atoms. The molecule has 2 rings (SSSR count). The first-order valence-electron chi connectivity index (χ1n) is 5.56. The molecular weight excluding hydrogens is 146 g/mol. The zero-order valence-corrected chi connectivity index (χ0v) is 7.97. The minimum Gasteiger partial charge on any atom is -0.237 e. The van der Waals surface area contributed by atoms with Crippen LogP contribution in [0.2, 0.25) is 0 Å². The fraction of sp³-hybridized carbons (Fsp3) is 0.909. The summed E-state index contributed by atoms with van der Waals surface area (Å²) in [5.74, 6) is 0. The van der Waals surface area contributed by atoms with E-state index in [2.05, 4.69) is 10.8 Å². The van der Waals surface area contributed by atoms with Crippen LogP contribution in [0.4, 0.5) is 0 Å². The van der Waals surface area contributed by atoms with Crippen LogP contribution in [-0.2, 0) is 0 Å². The lowest BCUT2D eigenvalue weighted by molar-refractivity contribution is -0.570. The van der Waals surface area contributed by atoms with Crippen molar-refractivity contribution in [1.29, 1.82) is 0 Å². The maximum absolute atomic E-state index is 2.63. The number of nitrogens with zero attached hydrogens (tertiary/aromatic N) is 1. The summed E-state index contributed by atoms with van der Waals surface area (Å²) in [6.45, 7) is 1.34. The van der Waals surface area contributed by atoms with Gasteiger partial charge in [-0.2, -0.15) is 0 Å². The molecule has 1 aliphatic heterocycles. The zero-order valence-electron chi connectivity index (χ0n) is 7.97. The predicted octanol–water partition coefficient (Wildman–Crippen LogP) is 2.59. The van der Waals surface area contributed by atoms with Gasteiger partial charge in [0.2, 0.25) is 0 Å². The van der Waals surface area contributed by atoms with Crippen molar-refractivity contribution in [3.05, 3.63) is 0 Å². The van der Waals surface area contributed by atoms with Gasteiger partial charge in [0.15, 0.2) is 6.04 Å². The van der Waals surface area contributed by atoms with Crippen molar-refractivity contribution in [3.63, 3.8) is 0 Å². The summed E-state index contributed by atoms with van der Waals surface area (Å²) in [6, 6.07) is 0.916. The highest BCUT2D eigenvalue weighted by molar-refractivity contribution is 5.51. The lowest BCUT2D eigenvalue weighted by Gasteiger charge is -2.21. The highest BCUT2D eigenvalue weighted by atomic mass is 15.0. The molecule has 1 saturated carbocycles. The first-order chi connectivity index (χ1) is 5.97. The number of hydrogen-bond acceptors (Lipinski definition) is 0. The molecule has 2 aliphatic rings. The molecule has 0 aromatic carbocycles. The molecule has 0 unspecified atom stereocenters. The first-order valence-corrected chi connectivity index (χ1v) is 5.56. The molecule has 0 aromatic heterocycles. The Morgan fingerprint density at radius 2 is 1.75 bits per heavy atom. The van der Waals surface area contributed by atoms with Gasteiger partial charge in [-0.1, -0.05) is 6.42 Å². The van der Waals surface area contributed by atoms with Gasteiger partial charge in [-0.25, -0.2) is 4.58 Å². The van der Waals surface area contributed by atoms with Crippen molar-refractivity contribution < 1.29 is 4.58 Å². The van der Waals surface area contributed by atoms with E-state index in [0.717, 1.165) is 6.04 Å². The van der Waals surface area contributed by atoms with E-state index in [0.29, 0.717) is 0 Å². The third-order valence-electron chi connectivity index (χ3n) is 3.28. The van der Waals surface area contributed by atoms with Crippen LogP contribution in [-0.4, -0.2) is 23.4 Å². The Hall–Kier alpha value is -0.330. The third-order valence-corrected chi connectivity index (χ3v) is 3.28. The Labute approximate surface area is 75.5 Å². The van der Waals surface area contributed by atoms with Crippen molar-refractivity contribution in [1.82, 2.24) is 0 Å². The smallest absolute Gasteiger partial charge is 0.152 e. The van der Waals surface area contributed by atoms with Crippen molar-refractivity contribution in [3.8, 4) is 0 Å². The highest BCUT2D eigenvalue weighted by Gasteiger charge is 2.23. The fourth-order valence-electron chi connectivity index (χ4n) is 2.53. The second-order valence-corrected chi connectivity index (χ2v) is 4.21. The van der Waals surface area contributed by atoms with Gasteiger partial charge < -0.3 is 0 Å². The molecule has 0 bridgehead atoms. The Morgan fingerprint density at radius 3 is 2.42 bits per heavy atom. The van der Waals surface area contributed by atoms with Gasteiger partial charge in [0.25, 0.3) is 0 Å². The summed E-state index contributed by atoms with van der Waals surface area (Å²) in [6.07, 6.45) is 14.0. The molecule has 68 valence electrons. The molecule has 1 heterocycles. The Kier molecular flexibility index (Phi) is 2.80. The van der Waals surface area contributed by atoms with Gasteiger partial charge >= 0.3 is 0 Å². The first kappa shape index (κ1) is 8.28. The van der Waals surface area contributed by atoms with Gasteiger partial charge in [-0.3, -0.25) is 0 Å². The van der Waals surface area contributed by atoms with Gasteiger partial charge in [0.05, 0.1) is 0 Å². The molecule has 1 aliphatic carbocycles. The molecule has 12 heavy (non-hydrogen) atoms. The van der Waals surface area contributed by atoms with Crippen molar-refractivity contribution in [2.75, 3.05) is 6.54 Å². The van der Waals surface area contributed by atoms with E-state index in [1.165, 1.54) is 57.9 Å². The third kappa shape index (κ3) is 1.88. The normalized spacial score (nSPS) is 26.8. The van der Waals surface area contributed by atoms with Crippen LogP contribution in [0.15, 0.2) is 0 Å². The van der Waals surface area contributed by atoms with Gasteiger partial charge in [0.1, 0.15) is 12.8 Å². The van der Waals surface area contributed by atoms with E-state index in [-0.39, 0.29) is 0 Å². The lowest BCUT2D eigenvalue weighted by Crippen LogP contribution is -2.32. The standard InChI is InChI=1S/C11H20N/c1-3-7-11(8-4-1)12-9-5-2-6-10-12/h9,11H,1-8,10H2/q+1. The van der Waals surface area contributed by atoms with E-state index in [9.17, 15) is 0 Å². The summed E-state index contributed by atoms with van der Waals surface area (Å²) < 4.78 is 2.63. The van der Waals surface area contributed by atoms with Crippen molar-refractivity contribution >= 4 is 6.21 Å². The highest BCUT2D eigenvalue weighted by Crippen LogP contribution is 2.21. The summed E-state index contributed by atoms with van der Waals surface area (Å²) in [5, 5.41) is 0. The van der Waals surface area contributed by atoms with Crippen LogP contribution in [0, 0.1) is 0 Å². The zero-order chi connectivity index (χ0) is 8.23. The monoisotopic (exact) mass is 166 g/mol. The Bertz CT molecular complexity index is 166. The summed E-state index contributed by atoms with van der Waals surface area (Å²) in [5.41, 5.74) is 0. The minimum atomic E-state index is 0.916. The molecule has 0 N–H and O–H groups in total. The van der Waals surface area contributed by atoms with Gasteiger partial charge in [0, 0.05) is 25.7 Å². The van der Waals surface area contributed by atoms with Crippen LogP contribution >= 0.6 is 0 Å². The summed E-state index contributed by atoms with van der Waals surface area (Å²) >= 11 is 0. The molecule has 0 atom stereocenters. The van der Waals surface area contributed by atoms with E-state index < -0.39 is 0 Å². The SMILES string of the molecule is C1=[N+](C2CCCCC2)CCCC1. The number of hydrogen-bond donors (Lipinski definition) is 0. The van der Waals surface area contributed by atoms with E-state index >= 15 is 0 Å². The van der Waals surface area contributed by atoms with Crippen LogP contribution in [0.5, 0.6) is 0 Å². The molecule has 1 heteroatoms. The quantitative estimate of drug-likeness (QED) is 0.527. The predicted molar refractivity (Wildman–Crippen MR) is 51.9 cm³/mol. The molecule has 1 fully saturated rings. The van der Waals surface area contributed by atoms with E-state index in [4.69, 9.17) is 0 Å². The van der Waals surface area contributed by atoms with Crippen LogP contribution < -0.4 is 0 Å². The molecule has 0 amide bonds. The topological polar surface area (TPSA) is 3.01 Å². The Morgan fingerprint density at radius 1 is 0.917 bits per heavy atom. The average molecular weight is 166 g/mol.